The molecule has 0 aliphatic carbocycles. The summed E-state index contributed by atoms with van der Waals surface area (Å²) in [5.41, 5.74) is 6.45. The Morgan fingerprint density at radius 1 is 1.04 bits per heavy atom. The maximum Gasteiger partial charge on any atom is 0.188 e. The van der Waals surface area contributed by atoms with E-state index < -0.39 is 8.07 Å². The fourth-order valence-corrected chi connectivity index (χ4v) is 4.38. The van der Waals surface area contributed by atoms with Crippen LogP contribution in [0, 0.1) is 0 Å². The van der Waals surface area contributed by atoms with E-state index >= 15 is 0 Å². The van der Waals surface area contributed by atoms with Crippen molar-refractivity contribution in [2.24, 2.45) is 0 Å². The standard InChI is InChI=1S/C24H40O2Si/c1-8-9-10-12-17-22(18-21-15-13-11-14-16-21)19-23(26-20-25-5)27(6,7)24(2,3)4/h11,13-16H,8-10,12,17-18,20H2,1-7H3. The minimum atomic E-state index is -1.82. The Kier molecular flexibility index (Phi) is 10.1. The van der Waals surface area contributed by atoms with Crippen LogP contribution in [0.4, 0.5) is 0 Å². The Labute approximate surface area is 168 Å². The van der Waals surface area contributed by atoms with Crippen LogP contribution in [0.25, 0.3) is 0 Å². The number of hydrogen-bond acceptors (Lipinski definition) is 2. The van der Waals surface area contributed by atoms with Crippen LogP contribution in [0.15, 0.2) is 47.0 Å². The molecular weight excluding hydrogens is 348 g/mol. The molecule has 1 aromatic carbocycles. The second kappa shape index (κ2) is 11.5. The van der Waals surface area contributed by atoms with Gasteiger partial charge in [-0.25, -0.2) is 0 Å². The van der Waals surface area contributed by atoms with Crippen LogP contribution in [0.2, 0.25) is 18.1 Å². The van der Waals surface area contributed by atoms with Gasteiger partial charge >= 0.3 is 0 Å². The molecule has 27 heavy (non-hydrogen) atoms. The Morgan fingerprint density at radius 3 is 2.26 bits per heavy atom. The van der Waals surface area contributed by atoms with E-state index in [1.54, 1.807) is 7.11 Å². The first-order valence-corrected chi connectivity index (χ1v) is 13.4. The molecule has 0 heterocycles. The third-order valence-corrected chi connectivity index (χ3v) is 10.8. The summed E-state index contributed by atoms with van der Waals surface area (Å²) in [4.78, 5) is 0. The van der Waals surface area contributed by atoms with Gasteiger partial charge in [-0.3, -0.25) is 0 Å². The number of benzene rings is 1. The molecular formula is C24H40O2Si. The van der Waals surface area contributed by atoms with Crippen molar-refractivity contribution in [2.45, 2.75) is 84.4 Å². The van der Waals surface area contributed by atoms with Crippen molar-refractivity contribution in [3.05, 3.63) is 52.6 Å². The molecule has 0 spiro atoms. The second-order valence-electron chi connectivity index (χ2n) is 8.96. The molecule has 0 saturated heterocycles. The van der Waals surface area contributed by atoms with E-state index in [0.717, 1.165) is 18.2 Å². The summed E-state index contributed by atoms with van der Waals surface area (Å²) in [6.45, 7) is 14.3. The van der Waals surface area contributed by atoms with Crippen LogP contribution in [0.3, 0.4) is 0 Å². The average Bonchev–Trinajstić information content (AvgIpc) is 2.61. The maximum absolute atomic E-state index is 6.10. The Balaban J connectivity index is 3.27. The van der Waals surface area contributed by atoms with Crippen molar-refractivity contribution < 1.29 is 9.47 Å². The largest absolute Gasteiger partial charge is 0.469 e. The number of ether oxygens (including phenoxy) is 2. The van der Waals surface area contributed by atoms with Gasteiger partial charge < -0.3 is 9.47 Å². The highest BCUT2D eigenvalue weighted by atomic mass is 28.3. The van der Waals surface area contributed by atoms with Gasteiger partial charge in [-0.05, 0) is 29.0 Å². The van der Waals surface area contributed by atoms with E-state index in [0.29, 0.717) is 6.79 Å². The van der Waals surface area contributed by atoms with E-state index in [1.807, 2.05) is 0 Å². The molecule has 0 amide bonds. The first-order chi connectivity index (χ1) is 12.7. The molecule has 2 nitrogen and oxygen atoms in total. The van der Waals surface area contributed by atoms with Crippen LogP contribution >= 0.6 is 0 Å². The molecule has 1 aromatic rings. The molecule has 3 heteroatoms. The van der Waals surface area contributed by atoms with E-state index in [2.05, 4.69) is 76.9 Å². The third-order valence-electron chi connectivity index (χ3n) is 5.65. The normalized spacial score (nSPS) is 11.8. The molecule has 0 unspecified atom stereocenters. The van der Waals surface area contributed by atoms with Crippen LogP contribution in [-0.4, -0.2) is 22.0 Å². The zero-order chi connectivity index (χ0) is 20.3. The lowest BCUT2D eigenvalue weighted by atomic mass is 10.0. The highest BCUT2D eigenvalue weighted by molar-refractivity contribution is 6.86. The number of unbranched alkanes of at least 4 members (excludes halogenated alkanes) is 3. The summed E-state index contributed by atoms with van der Waals surface area (Å²) in [5.74, 6) is 0. The zero-order valence-electron chi connectivity index (χ0n) is 18.7. The molecule has 0 bridgehead atoms. The van der Waals surface area contributed by atoms with Gasteiger partial charge in [-0.1, -0.05) is 96.1 Å². The predicted octanol–water partition coefficient (Wildman–Crippen LogP) is 7.28. The molecule has 0 atom stereocenters. The molecule has 0 radical (unpaired) electrons. The lowest BCUT2D eigenvalue weighted by Crippen LogP contribution is -2.40. The van der Waals surface area contributed by atoms with Crippen molar-refractivity contribution in [2.75, 3.05) is 13.9 Å². The second-order valence-corrected chi connectivity index (χ2v) is 14.2. The van der Waals surface area contributed by atoms with Gasteiger partial charge in [-0.15, -0.1) is 0 Å². The van der Waals surface area contributed by atoms with Crippen molar-refractivity contribution in [1.82, 2.24) is 0 Å². The lowest BCUT2D eigenvalue weighted by molar-refractivity contribution is 0.0127. The molecule has 0 aromatic heterocycles. The summed E-state index contributed by atoms with van der Waals surface area (Å²) in [6, 6.07) is 10.7. The first-order valence-electron chi connectivity index (χ1n) is 10.4. The van der Waals surface area contributed by atoms with Gasteiger partial charge in [0.1, 0.15) is 13.5 Å². The van der Waals surface area contributed by atoms with Gasteiger partial charge in [-0.2, -0.15) is 0 Å². The van der Waals surface area contributed by atoms with Gasteiger partial charge in [0.05, 0.1) is 0 Å². The molecule has 0 aliphatic heterocycles. The van der Waals surface area contributed by atoms with Crippen LogP contribution in [0.1, 0.15) is 65.4 Å². The molecule has 0 fully saturated rings. The number of hydrogen-bond donors (Lipinski definition) is 0. The highest BCUT2D eigenvalue weighted by Gasteiger charge is 2.41. The summed E-state index contributed by atoms with van der Waals surface area (Å²) in [5, 5.41) is 1.24. The fraction of sp³-hybridized carbons (Fsp3) is 0.625. The number of allylic oxidation sites excluding steroid dienone is 1. The Morgan fingerprint density at radius 2 is 1.70 bits per heavy atom. The van der Waals surface area contributed by atoms with Gasteiger partial charge in [0.2, 0.25) is 0 Å². The van der Waals surface area contributed by atoms with E-state index in [9.17, 15) is 0 Å². The monoisotopic (exact) mass is 388 g/mol. The summed E-state index contributed by atoms with van der Waals surface area (Å²) in [7, 11) is -0.140. The van der Waals surface area contributed by atoms with Crippen LogP contribution < -0.4 is 0 Å². The Hall–Kier alpha value is -1.28. The van der Waals surface area contributed by atoms with Crippen molar-refractivity contribution in [3.8, 4) is 0 Å². The summed E-state index contributed by atoms with van der Waals surface area (Å²) < 4.78 is 11.3. The van der Waals surface area contributed by atoms with E-state index in [-0.39, 0.29) is 5.04 Å². The van der Waals surface area contributed by atoms with Crippen LogP contribution in [-0.2, 0) is 15.9 Å². The van der Waals surface area contributed by atoms with E-state index in [1.165, 1.54) is 36.8 Å². The smallest absolute Gasteiger partial charge is 0.188 e. The quantitative estimate of drug-likeness (QED) is 0.130. The summed E-state index contributed by atoms with van der Waals surface area (Å²) in [6.07, 6.45) is 7.10. The fourth-order valence-electron chi connectivity index (χ4n) is 2.79. The summed E-state index contributed by atoms with van der Waals surface area (Å²) >= 11 is 0. The SMILES string of the molecule is CCCCCCC(=C=C(OCOC)[Si](C)(C)C(C)(C)C)Cc1ccccc1. The molecule has 1 rings (SSSR count). The zero-order valence-corrected chi connectivity index (χ0v) is 19.7. The van der Waals surface area contributed by atoms with Gasteiger partial charge in [0.15, 0.2) is 6.79 Å². The van der Waals surface area contributed by atoms with Gasteiger partial charge in [0, 0.05) is 13.5 Å². The first kappa shape index (κ1) is 23.8. The Bertz CT molecular complexity index is 605. The minimum absolute atomic E-state index is 0.198. The molecule has 0 N–H and O–H groups in total. The van der Waals surface area contributed by atoms with Crippen molar-refractivity contribution >= 4 is 8.07 Å². The number of rotatable bonds is 11. The van der Waals surface area contributed by atoms with Crippen molar-refractivity contribution in [3.63, 3.8) is 0 Å². The highest BCUT2D eigenvalue weighted by Crippen LogP contribution is 2.40. The van der Waals surface area contributed by atoms with Crippen LogP contribution in [0.5, 0.6) is 0 Å². The lowest BCUT2D eigenvalue weighted by Gasteiger charge is -2.37. The average molecular weight is 389 g/mol. The van der Waals surface area contributed by atoms with Gasteiger partial charge in [0.25, 0.3) is 0 Å². The molecule has 152 valence electrons. The predicted molar refractivity (Wildman–Crippen MR) is 120 cm³/mol. The minimum Gasteiger partial charge on any atom is -0.469 e. The van der Waals surface area contributed by atoms with E-state index in [4.69, 9.17) is 9.47 Å². The maximum atomic E-state index is 6.10. The third kappa shape index (κ3) is 8.09. The number of methoxy groups -OCH3 is 1. The van der Waals surface area contributed by atoms with Crippen molar-refractivity contribution in [1.29, 1.82) is 0 Å². The topological polar surface area (TPSA) is 18.5 Å². The molecule has 0 saturated carbocycles. The molecule has 0 aliphatic rings.